The number of Topliss-reactive ketones (excluding diaryl/α,β-unsaturated/α-hetero) is 1. The summed E-state index contributed by atoms with van der Waals surface area (Å²) in [4.78, 5) is 39.3. The molecule has 0 unspecified atom stereocenters. The molecule has 3 aromatic rings. The Kier molecular flexibility index (Phi) is 8.00. The van der Waals surface area contributed by atoms with Crippen molar-refractivity contribution in [2.45, 2.75) is 43.4 Å². The maximum Gasteiger partial charge on any atom is 0.251 e. The number of carbonyl (C=O) groups is 3. The number of ketones is 1. The minimum Gasteiger partial charge on any atom is -0.508 e. The number of ether oxygens (including phenoxy) is 1. The van der Waals surface area contributed by atoms with Crippen molar-refractivity contribution in [3.8, 4) is 16.9 Å². The number of rotatable bonds is 7. The number of phenolic OH excluding ortho intramolecular Hbond substituents is 1. The van der Waals surface area contributed by atoms with Gasteiger partial charge >= 0.3 is 0 Å². The summed E-state index contributed by atoms with van der Waals surface area (Å²) in [5.74, 6) is -0.820. The minimum atomic E-state index is -1.02. The van der Waals surface area contributed by atoms with Gasteiger partial charge in [-0.25, -0.2) is 0 Å². The second-order valence-corrected chi connectivity index (χ2v) is 9.42. The number of fused-ring (bicyclic) bond motifs is 1. The van der Waals surface area contributed by atoms with Gasteiger partial charge in [-0.15, -0.1) is 0 Å². The van der Waals surface area contributed by atoms with Gasteiger partial charge in [0.05, 0.1) is 6.10 Å². The van der Waals surface area contributed by atoms with Crippen molar-refractivity contribution in [2.24, 2.45) is 0 Å². The van der Waals surface area contributed by atoms with Crippen LogP contribution < -0.4 is 10.6 Å². The quantitative estimate of drug-likeness (QED) is 0.444. The SMILES string of the molecule is O=C(N[C@@H](Cc1ccc(O)cc1)C(=O)N[C@]12CCC[C@H]1OCC2=O)c1ccc(-c2ccccc2)cc1.S. The minimum absolute atomic E-state index is 0. The van der Waals surface area contributed by atoms with Crippen LogP contribution in [-0.4, -0.2) is 47.0 Å². The third kappa shape index (κ3) is 5.55. The normalized spacial score (nSPS) is 21.0. The highest BCUT2D eigenvalue weighted by Gasteiger charge is 2.55. The molecule has 8 heteroatoms. The molecule has 192 valence electrons. The van der Waals surface area contributed by atoms with Crippen LogP contribution in [0.4, 0.5) is 0 Å². The third-order valence-electron chi connectivity index (χ3n) is 7.10. The maximum absolute atomic E-state index is 13.5. The molecule has 3 atom stereocenters. The lowest BCUT2D eigenvalue weighted by Gasteiger charge is -2.30. The van der Waals surface area contributed by atoms with Gasteiger partial charge in [0, 0.05) is 12.0 Å². The Morgan fingerprint density at radius 3 is 2.35 bits per heavy atom. The van der Waals surface area contributed by atoms with Crippen molar-refractivity contribution < 1.29 is 24.2 Å². The molecule has 5 rings (SSSR count). The first kappa shape index (κ1) is 26.4. The van der Waals surface area contributed by atoms with Crippen molar-refractivity contribution in [1.29, 1.82) is 0 Å². The van der Waals surface area contributed by atoms with Crippen molar-refractivity contribution in [2.75, 3.05) is 6.61 Å². The van der Waals surface area contributed by atoms with Crippen molar-refractivity contribution in [3.63, 3.8) is 0 Å². The number of hydrogen-bond donors (Lipinski definition) is 3. The van der Waals surface area contributed by atoms with E-state index >= 15 is 0 Å². The van der Waals surface area contributed by atoms with Crippen LogP contribution in [0.3, 0.4) is 0 Å². The fourth-order valence-electron chi connectivity index (χ4n) is 5.11. The summed E-state index contributed by atoms with van der Waals surface area (Å²) in [5.41, 5.74) is 2.20. The van der Waals surface area contributed by atoms with E-state index in [1.807, 2.05) is 42.5 Å². The van der Waals surface area contributed by atoms with Gasteiger partial charge in [0.2, 0.25) is 5.91 Å². The molecule has 2 fully saturated rings. The summed E-state index contributed by atoms with van der Waals surface area (Å²) < 4.78 is 5.62. The summed E-state index contributed by atoms with van der Waals surface area (Å²) in [7, 11) is 0. The largest absolute Gasteiger partial charge is 0.508 e. The number of phenols is 1. The van der Waals surface area contributed by atoms with E-state index in [2.05, 4.69) is 10.6 Å². The van der Waals surface area contributed by atoms with Gasteiger partial charge < -0.3 is 20.5 Å². The van der Waals surface area contributed by atoms with Crippen LogP contribution in [-0.2, 0) is 20.7 Å². The van der Waals surface area contributed by atoms with Crippen LogP contribution in [0.25, 0.3) is 11.1 Å². The number of carbonyl (C=O) groups excluding carboxylic acids is 3. The molecular formula is C29H30N2O5S. The number of hydrogen-bond acceptors (Lipinski definition) is 5. The zero-order valence-electron chi connectivity index (χ0n) is 20.3. The van der Waals surface area contributed by atoms with Crippen molar-refractivity contribution in [1.82, 2.24) is 10.6 Å². The first-order valence-electron chi connectivity index (χ1n) is 12.2. The topological polar surface area (TPSA) is 105 Å². The van der Waals surface area contributed by atoms with E-state index in [1.165, 1.54) is 12.1 Å². The van der Waals surface area contributed by atoms with E-state index in [9.17, 15) is 19.5 Å². The predicted molar refractivity (Wildman–Crippen MR) is 145 cm³/mol. The molecule has 3 aromatic carbocycles. The number of amides is 2. The second-order valence-electron chi connectivity index (χ2n) is 9.42. The lowest BCUT2D eigenvalue weighted by Crippen LogP contribution is -2.60. The standard InChI is InChI=1S/C29H28N2O5.H2S/c32-23-14-8-19(9-15-23)17-24(28(35)31-29-16-4-7-26(29)36-18-25(29)33)30-27(34)22-12-10-21(11-13-22)20-5-2-1-3-6-20;/h1-3,5-6,8-15,24,26,32H,4,7,16-18H2,(H,30,34)(H,31,35);1H2/t24-,26+,29-;/m0./s1. The first-order chi connectivity index (χ1) is 17.4. The van der Waals surface area contributed by atoms with Crippen LogP contribution in [0.15, 0.2) is 78.9 Å². The van der Waals surface area contributed by atoms with E-state index in [0.717, 1.165) is 29.5 Å². The molecule has 1 heterocycles. The Labute approximate surface area is 222 Å². The molecule has 0 bridgehead atoms. The molecular weight excluding hydrogens is 488 g/mol. The van der Waals surface area contributed by atoms with Crippen LogP contribution >= 0.6 is 13.5 Å². The Hall–Kier alpha value is -3.62. The van der Waals surface area contributed by atoms with Crippen molar-refractivity contribution >= 4 is 31.1 Å². The summed E-state index contributed by atoms with van der Waals surface area (Å²) in [6.07, 6.45) is 1.91. The monoisotopic (exact) mass is 518 g/mol. The Balaban J connectivity index is 0.00000320. The Morgan fingerprint density at radius 2 is 1.65 bits per heavy atom. The zero-order chi connectivity index (χ0) is 25.1. The molecule has 3 N–H and O–H groups in total. The molecule has 37 heavy (non-hydrogen) atoms. The zero-order valence-corrected chi connectivity index (χ0v) is 21.3. The molecule has 0 aromatic heterocycles. The van der Waals surface area contributed by atoms with E-state index < -0.39 is 17.5 Å². The van der Waals surface area contributed by atoms with E-state index in [0.29, 0.717) is 12.0 Å². The Morgan fingerprint density at radius 1 is 0.973 bits per heavy atom. The fraction of sp³-hybridized carbons (Fsp3) is 0.276. The average Bonchev–Trinajstić information content (AvgIpc) is 3.44. The molecule has 0 spiro atoms. The summed E-state index contributed by atoms with van der Waals surface area (Å²) >= 11 is 0. The first-order valence-corrected chi connectivity index (χ1v) is 12.2. The lowest BCUT2D eigenvalue weighted by atomic mass is 9.91. The van der Waals surface area contributed by atoms with Crippen LogP contribution in [0.1, 0.15) is 35.2 Å². The molecule has 2 amide bonds. The molecule has 2 aliphatic rings. The highest BCUT2D eigenvalue weighted by molar-refractivity contribution is 7.59. The number of aromatic hydroxyl groups is 1. The third-order valence-corrected chi connectivity index (χ3v) is 7.10. The summed E-state index contributed by atoms with van der Waals surface area (Å²) in [5, 5.41) is 15.4. The molecule has 1 aliphatic carbocycles. The molecule has 0 radical (unpaired) electrons. The molecule has 1 saturated carbocycles. The number of benzene rings is 3. The van der Waals surface area contributed by atoms with Gasteiger partial charge in [-0.05, 0) is 60.2 Å². The molecule has 7 nitrogen and oxygen atoms in total. The maximum atomic E-state index is 13.5. The highest BCUT2D eigenvalue weighted by atomic mass is 32.1. The highest BCUT2D eigenvalue weighted by Crippen LogP contribution is 2.38. The predicted octanol–water partition coefficient (Wildman–Crippen LogP) is 3.52. The second kappa shape index (κ2) is 11.2. The summed E-state index contributed by atoms with van der Waals surface area (Å²) in [6, 6.07) is 22.6. The van der Waals surface area contributed by atoms with E-state index in [1.54, 1.807) is 24.3 Å². The van der Waals surface area contributed by atoms with Gasteiger partial charge in [-0.2, -0.15) is 13.5 Å². The van der Waals surface area contributed by atoms with Crippen LogP contribution in [0, 0.1) is 0 Å². The van der Waals surface area contributed by atoms with Gasteiger partial charge in [0.1, 0.15) is 23.9 Å². The smallest absolute Gasteiger partial charge is 0.251 e. The van der Waals surface area contributed by atoms with Gasteiger partial charge in [-0.1, -0.05) is 54.6 Å². The van der Waals surface area contributed by atoms with Crippen molar-refractivity contribution in [3.05, 3.63) is 90.0 Å². The van der Waals surface area contributed by atoms with Crippen LogP contribution in [0.5, 0.6) is 5.75 Å². The van der Waals surface area contributed by atoms with Crippen LogP contribution in [0.2, 0.25) is 0 Å². The molecule has 1 saturated heterocycles. The number of nitrogens with one attached hydrogen (secondary N) is 2. The van der Waals surface area contributed by atoms with Gasteiger partial charge in [0.25, 0.3) is 5.91 Å². The Bertz CT molecular complexity index is 1260. The fourth-order valence-corrected chi connectivity index (χ4v) is 5.11. The molecule has 1 aliphatic heterocycles. The van der Waals surface area contributed by atoms with Gasteiger partial charge in [-0.3, -0.25) is 14.4 Å². The summed E-state index contributed by atoms with van der Waals surface area (Å²) in [6.45, 7) is -0.00625. The van der Waals surface area contributed by atoms with E-state index in [4.69, 9.17) is 4.74 Å². The lowest BCUT2D eigenvalue weighted by molar-refractivity contribution is -0.131. The average molecular weight is 519 g/mol. The van der Waals surface area contributed by atoms with E-state index in [-0.39, 0.29) is 50.1 Å². The van der Waals surface area contributed by atoms with Gasteiger partial charge in [0.15, 0.2) is 5.78 Å².